The fourth-order valence-electron chi connectivity index (χ4n) is 4.33. The normalized spacial score (nSPS) is 12.1. The highest BCUT2D eigenvalue weighted by Crippen LogP contribution is 2.37. The molecule has 10 heteroatoms. The minimum Gasteiger partial charge on any atom is -0.497 e. The third kappa shape index (κ3) is 6.11. The number of carbonyl (C=O) groups is 2. The first-order valence-electron chi connectivity index (χ1n) is 12.4. The fourth-order valence-corrected chi connectivity index (χ4v) is 4.33. The fraction of sp³-hybridized carbons (Fsp3) is 0.310. The van der Waals surface area contributed by atoms with Crippen LogP contribution in [0.5, 0.6) is 17.2 Å². The van der Waals surface area contributed by atoms with Crippen molar-refractivity contribution >= 4 is 28.5 Å². The Hall–Kier alpha value is -4.60. The van der Waals surface area contributed by atoms with Gasteiger partial charge in [0.1, 0.15) is 35.4 Å². The average Bonchev–Trinajstić information content (AvgIpc) is 3.32. The molecule has 0 aliphatic heterocycles. The Balaban J connectivity index is 1.91. The molecule has 1 heterocycles. The van der Waals surface area contributed by atoms with E-state index in [1.54, 1.807) is 42.5 Å². The smallest absolute Gasteiger partial charge is 0.249 e. The number of fused-ring (bicyclic) bond motifs is 1. The van der Waals surface area contributed by atoms with Gasteiger partial charge in [0.05, 0.1) is 32.5 Å². The molecule has 204 valence electrons. The second-order valence-electron chi connectivity index (χ2n) is 9.96. The number of hydrogen-bond donors (Lipinski definition) is 1. The predicted octanol–water partition coefficient (Wildman–Crippen LogP) is 4.15. The molecule has 0 spiro atoms. The summed E-state index contributed by atoms with van der Waals surface area (Å²) in [7, 11) is 4.58. The van der Waals surface area contributed by atoms with E-state index in [9.17, 15) is 9.59 Å². The average molecular weight is 532 g/mol. The van der Waals surface area contributed by atoms with Crippen LogP contribution in [0.15, 0.2) is 66.7 Å². The molecule has 4 aromatic rings. The van der Waals surface area contributed by atoms with E-state index in [1.165, 1.54) is 30.9 Å². The molecular formula is C29H33N5O5. The lowest BCUT2D eigenvalue weighted by Crippen LogP contribution is -2.50. The molecule has 1 aromatic heterocycles. The number of ether oxygens (including phenoxy) is 3. The van der Waals surface area contributed by atoms with Crippen LogP contribution in [-0.4, -0.2) is 53.7 Å². The van der Waals surface area contributed by atoms with E-state index in [1.807, 2.05) is 45.0 Å². The first-order chi connectivity index (χ1) is 18.6. The molecule has 0 aliphatic rings. The van der Waals surface area contributed by atoms with Crippen molar-refractivity contribution in [3.8, 4) is 17.2 Å². The molecule has 1 atom stereocenters. The predicted molar refractivity (Wildman–Crippen MR) is 148 cm³/mol. The highest BCUT2D eigenvalue weighted by Gasteiger charge is 2.36. The van der Waals surface area contributed by atoms with Crippen molar-refractivity contribution in [1.29, 1.82) is 0 Å². The number of rotatable bonds is 9. The zero-order valence-electron chi connectivity index (χ0n) is 23.0. The highest BCUT2D eigenvalue weighted by atomic mass is 16.5. The molecule has 10 nitrogen and oxygen atoms in total. The molecule has 3 aromatic carbocycles. The number of anilines is 1. The van der Waals surface area contributed by atoms with Crippen LogP contribution in [0.2, 0.25) is 0 Å². The van der Waals surface area contributed by atoms with E-state index in [2.05, 4.69) is 15.6 Å². The topological polar surface area (TPSA) is 108 Å². The number of methoxy groups -OCH3 is 3. The number of carbonyl (C=O) groups excluding carboxylic acids is 2. The van der Waals surface area contributed by atoms with Gasteiger partial charge in [-0.05, 0) is 62.7 Å². The number of nitrogens with zero attached hydrogens (tertiary/aromatic N) is 4. The molecule has 0 bridgehead atoms. The Labute approximate surface area is 227 Å². The zero-order chi connectivity index (χ0) is 28.2. The van der Waals surface area contributed by atoms with Crippen molar-refractivity contribution in [2.24, 2.45) is 0 Å². The Morgan fingerprint density at radius 2 is 1.56 bits per heavy atom. The van der Waals surface area contributed by atoms with Crippen molar-refractivity contribution in [3.05, 3.63) is 72.3 Å². The van der Waals surface area contributed by atoms with E-state index in [-0.39, 0.29) is 12.5 Å². The van der Waals surface area contributed by atoms with Gasteiger partial charge < -0.3 is 19.5 Å². The molecule has 0 aliphatic carbocycles. The van der Waals surface area contributed by atoms with Crippen LogP contribution in [0, 0.1) is 0 Å². The van der Waals surface area contributed by atoms with Crippen molar-refractivity contribution in [2.45, 2.75) is 38.9 Å². The van der Waals surface area contributed by atoms with Crippen LogP contribution >= 0.6 is 0 Å². The Morgan fingerprint density at radius 1 is 0.923 bits per heavy atom. The second-order valence-corrected chi connectivity index (χ2v) is 9.96. The number of amides is 2. The van der Waals surface area contributed by atoms with Crippen LogP contribution < -0.4 is 24.4 Å². The molecule has 0 unspecified atom stereocenters. The van der Waals surface area contributed by atoms with E-state index < -0.39 is 17.5 Å². The van der Waals surface area contributed by atoms with Crippen LogP contribution in [-0.2, 0) is 16.1 Å². The van der Waals surface area contributed by atoms with Gasteiger partial charge in [-0.15, -0.1) is 5.10 Å². The molecule has 0 saturated heterocycles. The monoisotopic (exact) mass is 531 g/mol. The van der Waals surface area contributed by atoms with E-state index in [0.717, 1.165) is 0 Å². The van der Waals surface area contributed by atoms with Crippen molar-refractivity contribution < 1.29 is 23.8 Å². The Kier molecular flexibility index (Phi) is 8.04. The molecule has 0 radical (unpaired) electrons. The number of nitrogens with one attached hydrogen (secondary N) is 1. The van der Waals surface area contributed by atoms with Crippen molar-refractivity contribution in [1.82, 2.24) is 20.3 Å². The second kappa shape index (κ2) is 11.4. The third-order valence-electron chi connectivity index (χ3n) is 6.01. The van der Waals surface area contributed by atoms with Crippen LogP contribution in [0.1, 0.15) is 32.4 Å². The van der Waals surface area contributed by atoms with Gasteiger partial charge >= 0.3 is 0 Å². The van der Waals surface area contributed by atoms with Gasteiger partial charge in [-0.2, -0.15) is 0 Å². The summed E-state index contributed by atoms with van der Waals surface area (Å²) >= 11 is 0. The summed E-state index contributed by atoms with van der Waals surface area (Å²) in [5, 5.41) is 11.4. The van der Waals surface area contributed by atoms with Gasteiger partial charge in [0.25, 0.3) is 0 Å². The minimum absolute atomic E-state index is 0.168. The van der Waals surface area contributed by atoms with Crippen molar-refractivity contribution in [2.75, 3.05) is 26.2 Å². The SMILES string of the molecule is COc1cc(OC)cc([C@H](C(=O)NC(C)(C)C)N(C(=O)Cn2nnc3ccccc32)c2ccccc2OC)c1. The van der Waals surface area contributed by atoms with Crippen LogP contribution in [0.3, 0.4) is 0 Å². The van der Waals surface area contributed by atoms with Gasteiger partial charge in [0.2, 0.25) is 11.8 Å². The minimum atomic E-state index is -1.10. The largest absolute Gasteiger partial charge is 0.497 e. The lowest BCUT2D eigenvalue weighted by molar-refractivity contribution is -0.128. The summed E-state index contributed by atoms with van der Waals surface area (Å²) in [6.45, 7) is 5.47. The van der Waals surface area contributed by atoms with Crippen LogP contribution in [0.25, 0.3) is 11.0 Å². The number of para-hydroxylation sites is 3. The molecular weight excluding hydrogens is 498 g/mol. The van der Waals surface area contributed by atoms with Gasteiger partial charge in [-0.1, -0.05) is 29.5 Å². The van der Waals surface area contributed by atoms with Gasteiger partial charge in [0.15, 0.2) is 0 Å². The van der Waals surface area contributed by atoms with Gasteiger partial charge in [0, 0.05) is 11.6 Å². The maximum Gasteiger partial charge on any atom is 0.249 e. The first-order valence-corrected chi connectivity index (χ1v) is 12.4. The highest BCUT2D eigenvalue weighted by molar-refractivity contribution is 6.02. The van der Waals surface area contributed by atoms with E-state index in [0.29, 0.717) is 39.5 Å². The van der Waals surface area contributed by atoms with Gasteiger partial charge in [-0.3, -0.25) is 14.5 Å². The molecule has 0 fully saturated rings. The van der Waals surface area contributed by atoms with Gasteiger partial charge in [-0.25, -0.2) is 4.68 Å². The standard InChI is InChI=1S/C29H33N5O5/c1-29(2,3)30-28(36)27(19-15-20(37-4)17-21(16-19)38-5)34(24-13-9-10-14-25(24)39-6)26(35)18-33-23-12-8-7-11-22(23)31-32-33/h7-17,27H,18H2,1-6H3,(H,30,36)/t27-/m1/s1. The first kappa shape index (κ1) is 27.4. The Bertz CT molecular complexity index is 1450. The van der Waals surface area contributed by atoms with E-state index in [4.69, 9.17) is 14.2 Å². The summed E-state index contributed by atoms with van der Waals surface area (Å²) in [6, 6.07) is 18.5. The third-order valence-corrected chi connectivity index (χ3v) is 6.01. The lowest BCUT2D eigenvalue weighted by atomic mass is 9.99. The summed E-state index contributed by atoms with van der Waals surface area (Å²) in [4.78, 5) is 29.7. The zero-order valence-corrected chi connectivity index (χ0v) is 23.0. The molecule has 1 N–H and O–H groups in total. The lowest BCUT2D eigenvalue weighted by Gasteiger charge is -2.34. The molecule has 39 heavy (non-hydrogen) atoms. The van der Waals surface area contributed by atoms with Crippen LogP contribution in [0.4, 0.5) is 5.69 Å². The number of benzene rings is 3. The number of aromatic nitrogens is 3. The summed E-state index contributed by atoms with van der Waals surface area (Å²) < 4.78 is 18.1. The maximum atomic E-state index is 14.3. The summed E-state index contributed by atoms with van der Waals surface area (Å²) in [5.41, 5.74) is 1.70. The molecule has 2 amide bonds. The quantitative estimate of drug-likeness (QED) is 0.346. The van der Waals surface area contributed by atoms with Crippen molar-refractivity contribution in [3.63, 3.8) is 0 Å². The Morgan fingerprint density at radius 3 is 2.21 bits per heavy atom. The summed E-state index contributed by atoms with van der Waals surface area (Å²) in [5.74, 6) is 0.601. The molecule has 0 saturated carbocycles. The summed E-state index contributed by atoms with van der Waals surface area (Å²) in [6.07, 6.45) is 0. The maximum absolute atomic E-state index is 14.3. The van der Waals surface area contributed by atoms with E-state index >= 15 is 0 Å². The molecule has 4 rings (SSSR count). The number of hydrogen-bond acceptors (Lipinski definition) is 7.